The van der Waals surface area contributed by atoms with Gasteiger partial charge in [0.1, 0.15) is 11.5 Å². The summed E-state index contributed by atoms with van der Waals surface area (Å²) < 4.78 is 10.8. The van der Waals surface area contributed by atoms with Crippen molar-refractivity contribution in [2.24, 2.45) is 0 Å². The number of ether oxygens (including phenoxy) is 2. The molecule has 34 heavy (non-hydrogen) atoms. The topological polar surface area (TPSA) is 99.5 Å². The van der Waals surface area contributed by atoms with Crippen molar-refractivity contribution >= 4 is 17.4 Å². The monoisotopic (exact) mass is 468 g/mol. The number of carbonyl (C=O) groups is 2. The minimum Gasteiger partial charge on any atom is -0.507 e. The van der Waals surface area contributed by atoms with Crippen molar-refractivity contribution < 1.29 is 29.3 Å². The first kappa shape index (κ1) is 25.1. The molecule has 1 fully saturated rings. The van der Waals surface area contributed by atoms with Gasteiger partial charge < -0.3 is 29.5 Å². The molecule has 1 atom stereocenters. The molecule has 2 aromatic carbocycles. The summed E-state index contributed by atoms with van der Waals surface area (Å²) in [5.41, 5.74) is 1.77. The predicted molar refractivity (Wildman–Crippen MR) is 129 cm³/mol. The van der Waals surface area contributed by atoms with Gasteiger partial charge in [-0.05, 0) is 82.4 Å². The summed E-state index contributed by atoms with van der Waals surface area (Å²) in [6.45, 7) is 5.03. The Morgan fingerprint density at radius 2 is 1.85 bits per heavy atom. The molecule has 0 radical (unpaired) electrons. The van der Waals surface area contributed by atoms with E-state index in [-0.39, 0.29) is 22.8 Å². The molecule has 8 nitrogen and oxygen atoms in total. The fourth-order valence-electron chi connectivity index (χ4n) is 4.17. The molecule has 0 saturated carbocycles. The molecule has 1 unspecified atom stereocenters. The molecule has 1 aliphatic heterocycles. The summed E-state index contributed by atoms with van der Waals surface area (Å²) in [7, 11) is 5.43. The van der Waals surface area contributed by atoms with E-state index in [4.69, 9.17) is 9.47 Å². The molecule has 2 N–H and O–H groups in total. The van der Waals surface area contributed by atoms with Crippen molar-refractivity contribution in [3.05, 3.63) is 58.7 Å². The van der Waals surface area contributed by atoms with Crippen LogP contribution in [0.25, 0.3) is 5.76 Å². The van der Waals surface area contributed by atoms with Crippen LogP contribution in [0.4, 0.5) is 0 Å². The van der Waals surface area contributed by atoms with E-state index in [1.807, 2.05) is 25.9 Å². The van der Waals surface area contributed by atoms with Crippen molar-refractivity contribution in [1.82, 2.24) is 9.80 Å². The molecule has 1 amide bonds. The van der Waals surface area contributed by atoms with Crippen LogP contribution in [0.15, 0.2) is 42.0 Å². The third kappa shape index (κ3) is 5.02. The lowest BCUT2D eigenvalue weighted by Gasteiger charge is -2.26. The van der Waals surface area contributed by atoms with Crippen molar-refractivity contribution in [3.63, 3.8) is 0 Å². The maximum Gasteiger partial charge on any atom is 0.295 e. The van der Waals surface area contributed by atoms with Gasteiger partial charge in [-0.2, -0.15) is 0 Å². The Bertz CT molecular complexity index is 1110. The number of phenolic OH excluding ortho intramolecular Hbond substituents is 1. The number of aryl methyl sites for hydroxylation is 1. The third-order valence-corrected chi connectivity index (χ3v) is 5.81. The standard InChI is InChI=1S/C26H32N2O6/c1-6-34-21-15-17(8-10-19(21)29)23-22(24(30)18-9-11-20(33-5)16(2)14-18)25(31)26(32)28(23)13-7-12-27(3)4/h8-11,14-15,23,29-30H,6-7,12-13H2,1-5H3/b24-22-. The van der Waals surface area contributed by atoms with Crippen LogP contribution in [0, 0.1) is 6.92 Å². The zero-order chi connectivity index (χ0) is 25.0. The Morgan fingerprint density at radius 1 is 1.12 bits per heavy atom. The molecule has 0 bridgehead atoms. The van der Waals surface area contributed by atoms with Crippen LogP contribution in [0.2, 0.25) is 0 Å². The zero-order valence-electron chi connectivity index (χ0n) is 20.3. The van der Waals surface area contributed by atoms with Crippen LogP contribution >= 0.6 is 0 Å². The lowest BCUT2D eigenvalue weighted by molar-refractivity contribution is -0.139. The number of aliphatic hydroxyl groups is 1. The van der Waals surface area contributed by atoms with Gasteiger partial charge in [-0.25, -0.2) is 0 Å². The van der Waals surface area contributed by atoms with Gasteiger partial charge in [-0.3, -0.25) is 9.59 Å². The second-order valence-corrected chi connectivity index (χ2v) is 8.49. The number of methoxy groups -OCH3 is 1. The summed E-state index contributed by atoms with van der Waals surface area (Å²) in [4.78, 5) is 29.7. The van der Waals surface area contributed by atoms with E-state index in [9.17, 15) is 19.8 Å². The van der Waals surface area contributed by atoms with Crippen molar-refractivity contribution in [3.8, 4) is 17.2 Å². The fraction of sp³-hybridized carbons (Fsp3) is 0.385. The maximum atomic E-state index is 13.2. The number of nitrogens with zero attached hydrogens (tertiary/aromatic N) is 2. The average Bonchev–Trinajstić information content (AvgIpc) is 3.05. The van der Waals surface area contributed by atoms with Crippen LogP contribution in [-0.2, 0) is 9.59 Å². The number of Topliss-reactive ketones (excluding diaryl/α,β-unsaturated/α-hetero) is 1. The predicted octanol–water partition coefficient (Wildman–Crippen LogP) is 3.48. The molecule has 1 saturated heterocycles. The highest BCUT2D eigenvalue weighted by atomic mass is 16.5. The highest BCUT2D eigenvalue weighted by Gasteiger charge is 2.46. The first-order chi connectivity index (χ1) is 16.2. The van der Waals surface area contributed by atoms with Gasteiger partial charge in [0.05, 0.1) is 25.3 Å². The van der Waals surface area contributed by atoms with Gasteiger partial charge >= 0.3 is 0 Å². The van der Waals surface area contributed by atoms with Gasteiger partial charge in [0.15, 0.2) is 11.5 Å². The van der Waals surface area contributed by atoms with Gasteiger partial charge in [-0.1, -0.05) is 6.07 Å². The van der Waals surface area contributed by atoms with Crippen molar-refractivity contribution in [2.45, 2.75) is 26.3 Å². The maximum absolute atomic E-state index is 13.2. The molecular weight excluding hydrogens is 436 g/mol. The summed E-state index contributed by atoms with van der Waals surface area (Å²) >= 11 is 0. The van der Waals surface area contributed by atoms with E-state index in [0.29, 0.717) is 36.4 Å². The van der Waals surface area contributed by atoms with Crippen LogP contribution < -0.4 is 9.47 Å². The normalized spacial score (nSPS) is 17.5. The average molecular weight is 469 g/mol. The highest BCUT2D eigenvalue weighted by molar-refractivity contribution is 6.46. The minimum atomic E-state index is -0.815. The minimum absolute atomic E-state index is 0.00700. The Balaban J connectivity index is 2.15. The lowest BCUT2D eigenvalue weighted by atomic mass is 9.94. The Hall–Kier alpha value is -3.52. The van der Waals surface area contributed by atoms with Crippen LogP contribution in [0.1, 0.15) is 36.1 Å². The lowest BCUT2D eigenvalue weighted by Crippen LogP contribution is -2.32. The Morgan fingerprint density at radius 3 is 2.47 bits per heavy atom. The quantitative estimate of drug-likeness (QED) is 0.330. The molecule has 2 aromatic rings. The number of aromatic hydroxyl groups is 1. The highest BCUT2D eigenvalue weighted by Crippen LogP contribution is 2.42. The summed E-state index contributed by atoms with van der Waals surface area (Å²) in [5, 5.41) is 21.4. The number of amides is 1. The SMILES string of the molecule is CCOc1cc(C2/C(=C(/O)c3ccc(OC)c(C)c3)C(=O)C(=O)N2CCCN(C)C)ccc1O. The van der Waals surface area contributed by atoms with Gasteiger partial charge in [0.25, 0.3) is 11.7 Å². The second-order valence-electron chi connectivity index (χ2n) is 8.49. The Labute approximate surface area is 200 Å². The molecule has 0 aromatic heterocycles. The van der Waals surface area contributed by atoms with E-state index < -0.39 is 17.7 Å². The van der Waals surface area contributed by atoms with Gasteiger partial charge in [0.2, 0.25) is 0 Å². The number of hydrogen-bond donors (Lipinski definition) is 2. The van der Waals surface area contributed by atoms with E-state index in [0.717, 1.165) is 12.1 Å². The van der Waals surface area contributed by atoms with E-state index in [1.54, 1.807) is 44.4 Å². The third-order valence-electron chi connectivity index (χ3n) is 5.81. The Kier molecular flexibility index (Phi) is 7.83. The summed E-state index contributed by atoms with van der Waals surface area (Å²) in [5.74, 6) is -0.805. The van der Waals surface area contributed by atoms with Crippen LogP contribution in [0.5, 0.6) is 17.2 Å². The smallest absolute Gasteiger partial charge is 0.295 e. The molecule has 0 spiro atoms. The second kappa shape index (κ2) is 10.6. The number of hydrogen-bond acceptors (Lipinski definition) is 7. The van der Waals surface area contributed by atoms with Crippen LogP contribution in [0.3, 0.4) is 0 Å². The molecule has 3 rings (SSSR count). The zero-order valence-corrected chi connectivity index (χ0v) is 20.3. The number of rotatable bonds is 9. The van der Waals surface area contributed by atoms with Crippen LogP contribution in [-0.4, -0.2) is 72.6 Å². The first-order valence-corrected chi connectivity index (χ1v) is 11.2. The van der Waals surface area contributed by atoms with Crippen molar-refractivity contribution in [1.29, 1.82) is 0 Å². The summed E-state index contributed by atoms with van der Waals surface area (Å²) in [6, 6.07) is 8.98. The van der Waals surface area contributed by atoms with E-state index in [2.05, 4.69) is 0 Å². The molecule has 0 aliphatic carbocycles. The number of ketones is 1. The van der Waals surface area contributed by atoms with Gasteiger partial charge in [-0.15, -0.1) is 0 Å². The number of carbonyl (C=O) groups excluding carboxylic acids is 2. The molecule has 1 heterocycles. The number of benzene rings is 2. The molecule has 8 heteroatoms. The number of likely N-dealkylation sites (tertiary alicyclic amines) is 1. The largest absolute Gasteiger partial charge is 0.507 e. The fourth-order valence-corrected chi connectivity index (χ4v) is 4.17. The molecule has 182 valence electrons. The van der Waals surface area contributed by atoms with Gasteiger partial charge in [0, 0.05) is 12.1 Å². The molecule has 1 aliphatic rings. The number of aliphatic hydroxyl groups excluding tert-OH is 1. The van der Waals surface area contributed by atoms with E-state index >= 15 is 0 Å². The number of phenols is 1. The summed E-state index contributed by atoms with van der Waals surface area (Å²) in [6.07, 6.45) is 0.647. The first-order valence-electron chi connectivity index (χ1n) is 11.2. The van der Waals surface area contributed by atoms with E-state index in [1.165, 1.54) is 11.0 Å². The van der Waals surface area contributed by atoms with Crippen molar-refractivity contribution in [2.75, 3.05) is 40.9 Å². The molecular formula is C26H32N2O6.